The fraction of sp³-hybridized carbons (Fsp3) is 0.440. The molecule has 0 fully saturated rings. The number of rotatable bonds is 6. The highest BCUT2D eigenvalue weighted by molar-refractivity contribution is 9.10. The summed E-state index contributed by atoms with van der Waals surface area (Å²) in [5.74, 6) is -0.480. The molecule has 0 saturated heterocycles. The quantitative estimate of drug-likeness (QED) is 0.499. The third kappa shape index (κ3) is 5.94. The third-order valence-corrected chi connectivity index (χ3v) is 5.92. The summed E-state index contributed by atoms with van der Waals surface area (Å²) in [6.45, 7) is 12.5. The van der Waals surface area contributed by atoms with Crippen molar-refractivity contribution in [3.05, 3.63) is 69.2 Å². The number of hydrogen-bond donors (Lipinski definition) is 1. The number of benzene rings is 2. The maximum absolute atomic E-state index is 13.7. The van der Waals surface area contributed by atoms with Crippen LogP contribution in [0.15, 0.2) is 46.9 Å². The second-order valence-electron chi connectivity index (χ2n) is 8.83. The van der Waals surface area contributed by atoms with Gasteiger partial charge in [0, 0.05) is 10.0 Å². The Kier molecular flexibility index (Phi) is 8.25. The van der Waals surface area contributed by atoms with E-state index in [2.05, 4.69) is 62.0 Å². The van der Waals surface area contributed by atoms with Crippen molar-refractivity contribution in [3.8, 4) is 0 Å². The predicted octanol–water partition coefficient (Wildman–Crippen LogP) is 6.32. The van der Waals surface area contributed by atoms with Crippen molar-refractivity contribution in [2.24, 2.45) is 5.41 Å². The minimum Gasteiger partial charge on any atom is -0.267 e. The van der Waals surface area contributed by atoms with Gasteiger partial charge in [0.1, 0.15) is 0 Å². The van der Waals surface area contributed by atoms with E-state index in [0.29, 0.717) is 15.6 Å². The van der Waals surface area contributed by atoms with Crippen LogP contribution in [-0.4, -0.2) is 22.9 Å². The minimum atomic E-state index is -0.301. The lowest BCUT2D eigenvalue weighted by atomic mass is 9.83. The minimum absolute atomic E-state index is 0.146. The summed E-state index contributed by atoms with van der Waals surface area (Å²) in [7, 11) is 0. The van der Waals surface area contributed by atoms with Crippen molar-refractivity contribution in [3.63, 3.8) is 0 Å². The molecule has 5 heteroatoms. The number of nitrogens with one attached hydrogen (secondary N) is 1. The molecule has 0 spiro atoms. The summed E-state index contributed by atoms with van der Waals surface area (Å²) in [6, 6.07) is 13.0. The molecule has 0 aromatic heterocycles. The van der Waals surface area contributed by atoms with Gasteiger partial charge in [0.05, 0.1) is 11.6 Å². The second-order valence-corrected chi connectivity index (χ2v) is 9.68. The highest BCUT2D eigenvalue weighted by atomic mass is 79.9. The van der Waals surface area contributed by atoms with Gasteiger partial charge in [-0.25, -0.2) is 5.01 Å². The van der Waals surface area contributed by atoms with Crippen LogP contribution in [-0.2, 0) is 6.42 Å². The van der Waals surface area contributed by atoms with Crippen LogP contribution in [0.2, 0.25) is 0 Å². The van der Waals surface area contributed by atoms with Gasteiger partial charge in [-0.3, -0.25) is 15.0 Å². The standard InChI is InChI=1S/C25H33BrN2O2/c1-7-11-22(25(4,5)6)28(27-23(29)20-12-9-10-13-21(20)26)24(30)19-15-17(3)14-18(8-2)16-19/h9-10,12-16,22H,7-8,11H2,1-6H3,(H,27,29)/t22-/m0/s1. The Morgan fingerprint density at radius 1 is 1.10 bits per heavy atom. The number of halogens is 1. The summed E-state index contributed by atoms with van der Waals surface area (Å²) in [5, 5.41) is 1.56. The molecule has 2 rings (SSSR count). The van der Waals surface area contributed by atoms with E-state index in [1.54, 1.807) is 11.1 Å². The highest BCUT2D eigenvalue weighted by Crippen LogP contribution is 2.29. The molecule has 1 N–H and O–H groups in total. The molecule has 0 unspecified atom stereocenters. The maximum atomic E-state index is 13.7. The average Bonchev–Trinajstić information content (AvgIpc) is 2.68. The van der Waals surface area contributed by atoms with Crippen LogP contribution in [0.5, 0.6) is 0 Å². The monoisotopic (exact) mass is 472 g/mol. The molecule has 4 nitrogen and oxygen atoms in total. The normalized spacial score (nSPS) is 12.4. The summed E-state index contributed by atoms with van der Waals surface area (Å²) < 4.78 is 0.696. The third-order valence-electron chi connectivity index (χ3n) is 5.23. The first-order valence-corrected chi connectivity index (χ1v) is 11.4. The van der Waals surface area contributed by atoms with E-state index in [1.165, 1.54) is 0 Å². The van der Waals surface area contributed by atoms with Crippen LogP contribution in [0.4, 0.5) is 0 Å². The van der Waals surface area contributed by atoms with Crippen LogP contribution in [0, 0.1) is 12.3 Å². The van der Waals surface area contributed by atoms with Crippen LogP contribution in [0.25, 0.3) is 0 Å². The summed E-state index contributed by atoms with van der Waals surface area (Å²) in [6.07, 6.45) is 2.55. The van der Waals surface area contributed by atoms with Gasteiger partial charge in [-0.2, -0.15) is 0 Å². The van der Waals surface area contributed by atoms with Crippen molar-refractivity contribution >= 4 is 27.7 Å². The maximum Gasteiger partial charge on any atom is 0.272 e. The van der Waals surface area contributed by atoms with E-state index in [-0.39, 0.29) is 23.3 Å². The van der Waals surface area contributed by atoms with Crippen LogP contribution in [0.3, 0.4) is 0 Å². The van der Waals surface area contributed by atoms with Crippen LogP contribution < -0.4 is 5.43 Å². The molecule has 2 amide bonds. The molecule has 162 valence electrons. The van der Waals surface area contributed by atoms with Crippen LogP contribution in [0.1, 0.15) is 79.3 Å². The molecule has 0 aliphatic heterocycles. The lowest BCUT2D eigenvalue weighted by molar-refractivity contribution is 0.0270. The fourth-order valence-corrected chi connectivity index (χ4v) is 4.10. The van der Waals surface area contributed by atoms with Crippen molar-refractivity contribution < 1.29 is 9.59 Å². The Hall–Kier alpha value is -2.14. The Labute approximate surface area is 189 Å². The number of aryl methyl sites for hydroxylation is 2. The van der Waals surface area contributed by atoms with Gasteiger partial charge >= 0.3 is 0 Å². The molecule has 1 atom stereocenters. The van der Waals surface area contributed by atoms with E-state index in [9.17, 15) is 9.59 Å². The number of hydrogen-bond acceptors (Lipinski definition) is 2. The Bertz CT molecular complexity index is 902. The molecule has 2 aromatic carbocycles. The van der Waals surface area contributed by atoms with Gasteiger partial charge in [-0.15, -0.1) is 0 Å². The predicted molar refractivity (Wildman–Crippen MR) is 126 cm³/mol. The van der Waals surface area contributed by atoms with Gasteiger partial charge in [0.25, 0.3) is 11.8 Å². The van der Waals surface area contributed by atoms with E-state index >= 15 is 0 Å². The molecule has 0 aliphatic carbocycles. The molecule has 30 heavy (non-hydrogen) atoms. The van der Waals surface area contributed by atoms with E-state index < -0.39 is 0 Å². The topological polar surface area (TPSA) is 49.4 Å². The zero-order valence-corrected chi connectivity index (χ0v) is 20.5. The van der Waals surface area contributed by atoms with Crippen molar-refractivity contribution in [1.82, 2.24) is 10.4 Å². The summed E-state index contributed by atoms with van der Waals surface area (Å²) in [5.41, 5.74) is 5.98. The van der Waals surface area contributed by atoms with Gasteiger partial charge in [0.15, 0.2) is 0 Å². The Morgan fingerprint density at radius 2 is 1.77 bits per heavy atom. The molecule has 0 aliphatic rings. The van der Waals surface area contributed by atoms with Gasteiger partial charge in [-0.1, -0.05) is 64.8 Å². The van der Waals surface area contributed by atoms with Gasteiger partial charge in [-0.05, 0) is 70.9 Å². The largest absolute Gasteiger partial charge is 0.272 e. The van der Waals surface area contributed by atoms with Crippen LogP contribution >= 0.6 is 15.9 Å². The molecule has 0 saturated carbocycles. The molecule has 0 radical (unpaired) electrons. The van der Waals surface area contributed by atoms with E-state index in [1.807, 2.05) is 37.3 Å². The number of carbonyl (C=O) groups is 2. The van der Waals surface area contributed by atoms with E-state index in [4.69, 9.17) is 0 Å². The molecule has 0 bridgehead atoms. The highest BCUT2D eigenvalue weighted by Gasteiger charge is 2.35. The Balaban J connectivity index is 2.50. The average molecular weight is 473 g/mol. The number of carbonyl (C=O) groups excluding carboxylic acids is 2. The van der Waals surface area contributed by atoms with Gasteiger partial charge < -0.3 is 0 Å². The SMILES string of the molecule is CCC[C@H](N(NC(=O)c1ccccc1Br)C(=O)c1cc(C)cc(CC)c1)C(C)(C)C. The first kappa shape index (κ1) is 24.1. The lowest BCUT2D eigenvalue weighted by Gasteiger charge is -2.40. The zero-order valence-electron chi connectivity index (χ0n) is 18.9. The van der Waals surface area contributed by atoms with E-state index in [0.717, 1.165) is 30.4 Å². The number of nitrogens with zero attached hydrogens (tertiary/aromatic N) is 1. The molecular weight excluding hydrogens is 440 g/mol. The number of hydrazine groups is 1. The summed E-state index contributed by atoms with van der Waals surface area (Å²) in [4.78, 5) is 26.8. The molecular formula is C25H33BrN2O2. The van der Waals surface area contributed by atoms with Gasteiger partial charge in [0.2, 0.25) is 0 Å². The summed E-state index contributed by atoms with van der Waals surface area (Å²) >= 11 is 3.44. The zero-order chi connectivity index (χ0) is 22.5. The number of amides is 2. The first-order valence-electron chi connectivity index (χ1n) is 10.6. The van der Waals surface area contributed by atoms with Crippen molar-refractivity contribution in [2.45, 2.75) is 66.8 Å². The molecule has 2 aromatic rings. The van der Waals surface area contributed by atoms with Crippen molar-refractivity contribution in [2.75, 3.05) is 0 Å². The Morgan fingerprint density at radius 3 is 2.33 bits per heavy atom. The first-order chi connectivity index (χ1) is 14.1. The molecule has 0 heterocycles. The smallest absolute Gasteiger partial charge is 0.267 e. The van der Waals surface area contributed by atoms with Crippen molar-refractivity contribution in [1.29, 1.82) is 0 Å². The second kappa shape index (κ2) is 10.3. The fourth-order valence-electron chi connectivity index (χ4n) is 3.64. The lowest BCUT2D eigenvalue weighted by Crippen LogP contribution is -2.56.